The van der Waals surface area contributed by atoms with Crippen molar-refractivity contribution >= 4 is 11.7 Å². The minimum absolute atomic E-state index is 0.111. The summed E-state index contributed by atoms with van der Waals surface area (Å²) in [5, 5.41) is 11.0. The summed E-state index contributed by atoms with van der Waals surface area (Å²) in [5.74, 6) is 3.82. The summed E-state index contributed by atoms with van der Waals surface area (Å²) in [6.07, 6.45) is 18.7. The van der Waals surface area contributed by atoms with E-state index in [-0.39, 0.29) is 17.4 Å². The number of aliphatic hydroxyl groups excluding tert-OH is 1. The topological polar surface area (TPSA) is 80.4 Å². The number of ketones is 1. The summed E-state index contributed by atoms with van der Waals surface area (Å²) in [6.45, 7) is 4.96. The lowest BCUT2D eigenvalue weighted by Gasteiger charge is -2.62. The lowest BCUT2D eigenvalue weighted by molar-refractivity contribution is -0.159. The van der Waals surface area contributed by atoms with Crippen LogP contribution in [0.5, 0.6) is 0 Å². The average molecular weight is 460 g/mol. The first-order valence-electron chi connectivity index (χ1n) is 14.2. The molecule has 0 spiro atoms. The van der Waals surface area contributed by atoms with Crippen LogP contribution in [-0.2, 0) is 9.59 Å². The van der Waals surface area contributed by atoms with Crippen molar-refractivity contribution in [3.63, 3.8) is 0 Å². The van der Waals surface area contributed by atoms with Gasteiger partial charge in [-0.25, -0.2) is 0 Å². The molecule has 4 saturated carbocycles. The number of fused-ring (bicyclic) bond motifs is 5. The number of nitrogens with two attached hydrogens (primary N) is 1. The molecule has 0 aromatic carbocycles. The molecule has 0 aromatic heterocycles. The van der Waals surface area contributed by atoms with Crippen LogP contribution in [0.15, 0.2) is 0 Å². The second-order valence-corrected chi connectivity index (χ2v) is 12.9. The fourth-order valence-electron chi connectivity index (χ4n) is 9.29. The Kier molecular flexibility index (Phi) is 7.93. The fraction of sp³-hybridized carbons (Fsp3) is 0.931. The van der Waals surface area contributed by atoms with Crippen LogP contribution in [0, 0.1) is 40.4 Å². The molecule has 0 bridgehead atoms. The van der Waals surface area contributed by atoms with Gasteiger partial charge in [-0.2, -0.15) is 0 Å². The first-order chi connectivity index (χ1) is 15.8. The Morgan fingerprint density at radius 1 is 0.970 bits per heavy atom. The third kappa shape index (κ3) is 5.07. The van der Waals surface area contributed by atoms with Crippen molar-refractivity contribution in [2.75, 3.05) is 0 Å². The van der Waals surface area contributed by atoms with E-state index in [1.165, 1.54) is 64.2 Å². The van der Waals surface area contributed by atoms with Crippen molar-refractivity contribution in [2.45, 2.75) is 129 Å². The van der Waals surface area contributed by atoms with Crippen LogP contribution in [-0.4, -0.2) is 22.9 Å². The first kappa shape index (κ1) is 25.2. The number of amides is 1. The molecule has 0 aromatic rings. The standard InChI is InChI=1S/C29H49NO3/c1-28-17-16-22(31)18-21(28)12-13-23-24-14-15-25(32)29(24,2)19-20(27(23)28)10-8-6-4-3-5-7-9-11-26(30)33/h20-21,23-25,27,32H,3-19H2,1-2H3,(H2,30,33)/t20-,21-,23-,24-,25-,27-,28-,29-/m0/s1. The Bertz CT molecular complexity index is 707. The maximum absolute atomic E-state index is 12.3. The summed E-state index contributed by atoms with van der Waals surface area (Å²) in [5.41, 5.74) is 5.67. The van der Waals surface area contributed by atoms with E-state index in [2.05, 4.69) is 13.8 Å². The molecule has 8 atom stereocenters. The maximum atomic E-state index is 12.3. The van der Waals surface area contributed by atoms with E-state index in [9.17, 15) is 14.7 Å². The normalized spacial score (nSPS) is 42.5. The molecule has 4 fully saturated rings. The van der Waals surface area contributed by atoms with E-state index in [0.717, 1.165) is 50.4 Å². The predicted molar refractivity (Wildman–Crippen MR) is 132 cm³/mol. The van der Waals surface area contributed by atoms with Gasteiger partial charge in [-0.3, -0.25) is 9.59 Å². The lowest BCUT2D eigenvalue weighted by Crippen LogP contribution is -2.57. The summed E-state index contributed by atoms with van der Waals surface area (Å²) >= 11 is 0. The fourth-order valence-corrected chi connectivity index (χ4v) is 9.29. The van der Waals surface area contributed by atoms with E-state index in [1.54, 1.807) is 0 Å². The third-order valence-corrected chi connectivity index (χ3v) is 11.0. The van der Waals surface area contributed by atoms with E-state index in [0.29, 0.717) is 35.4 Å². The van der Waals surface area contributed by atoms with Gasteiger partial charge in [-0.05, 0) is 85.4 Å². The molecule has 0 unspecified atom stereocenters. The van der Waals surface area contributed by atoms with Crippen LogP contribution in [0.25, 0.3) is 0 Å². The van der Waals surface area contributed by atoms with Gasteiger partial charge in [0.25, 0.3) is 0 Å². The zero-order chi connectivity index (χ0) is 23.6. The molecule has 188 valence electrons. The number of carbonyl (C=O) groups excluding carboxylic acids is 2. The van der Waals surface area contributed by atoms with Gasteiger partial charge in [-0.1, -0.05) is 58.8 Å². The molecule has 0 saturated heterocycles. The summed E-state index contributed by atoms with van der Waals surface area (Å²) in [4.78, 5) is 23.1. The smallest absolute Gasteiger partial charge is 0.217 e. The second-order valence-electron chi connectivity index (χ2n) is 12.9. The van der Waals surface area contributed by atoms with Gasteiger partial charge in [0.15, 0.2) is 0 Å². The Morgan fingerprint density at radius 2 is 1.67 bits per heavy atom. The monoisotopic (exact) mass is 459 g/mol. The molecule has 0 aliphatic heterocycles. The molecule has 1 amide bonds. The number of hydrogen-bond acceptors (Lipinski definition) is 3. The van der Waals surface area contributed by atoms with Gasteiger partial charge in [0.2, 0.25) is 5.91 Å². The van der Waals surface area contributed by atoms with Crippen LogP contribution in [0.1, 0.15) is 123 Å². The van der Waals surface area contributed by atoms with Crippen LogP contribution in [0.4, 0.5) is 0 Å². The van der Waals surface area contributed by atoms with Crippen molar-refractivity contribution in [1.82, 2.24) is 0 Å². The van der Waals surface area contributed by atoms with Gasteiger partial charge in [0, 0.05) is 19.3 Å². The van der Waals surface area contributed by atoms with Gasteiger partial charge in [-0.15, -0.1) is 0 Å². The number of primary amides is 1. The van der Waals surface area contributed by atoms with Crippen LogP contribution < -0.4 is 5.73 Å². The largest absolute Gasteiger partial charge is 0.393 e. The van der Waals surface area contributed by atoms with Gasteiger partial charge in [0.05, 0.1) is 6.10 Å². The molecule has 33 heavy (non-hydrogen) atoms. The first-order valence-corrected chi connectivity index (χ1v) is 14.2. The lowest BCUT2D eigenvalue weighted by atomic mass is 9.42. The van der Waals surface area contributed by atoms with E-state index in [4.69, 9.17) is 5.73 Å². The number of carbonyl (C=O) groups is 2. The van der Waals surface area contributed by atoms with Crippen molar-refractivity contribution < 1.29 is 14.7 Å². The maximum Gasteiger partial charge on any atom is 0.217 e. The van der Waals surface area contributed by atoms with Gasteiger partial charge >= 0.3 is 0 Å². The average Bonchev–Trinajstić information content (AvgIpc) is 3.06. The molecule has 4 aliphatic rings. The van der Waals surface area contributed by atoms with Crippen molar-refractivity contribution in [1.29, 1.82) is 0 Å². The Hall–Kier alpha value is -0.900. The highest BCUT2D eigenvalue weighted by molar-refractivity contribution is 5.79. The molecular weight excluding hydrogens is 410 g/mol. The zero-order valence-electron chi connectivity index (χ0n) is 21.3. The summed E-state index contributed by atoms with van der Waals surface area (Å²) in [6, 6.07) is 0. The summed E-state index contributed by atoms with van der Waals surface area (Å²) in [7, 11) is 0. The van der Waals surface area contributed by atoms with Crippen molar-refractivity contribution in [3.8, 4) is 0 Å². The minimum atomic E-state index is -0.176. The third-order valence-electron chi connectivity index (χ3n) is 11.0. The van der Waals surface area contributed by atoms with Crippen LogP contribution >= 0.6 is 0 Å². The highest BCUT2D eigenvalue weighted by Gasteiger charge is 2.62. The second kappa shape index (κ2) is 10.4. The predicted octanol–water partition coefficient (Wildman–Crippen LogP) is 6.18. The van der Waals surface area contributed by atoms with E-state index < -0.39 is 0 Å². The Balaban J connectivity index is 1.36. The molecule has 4 rings (SSSR count). The van der Waals surface area contributed by atoms with Gasteiger partial charge in [0.1, 0.15) is 5.78 Å². The van der Waals surface area contributed by atoms with Crippen molar-refractivity contribution in [3.05, 3.63) is 0 Å². The Morgan fingerprint density at radius 3 is 2.39 bits per heavy atom. The SMILES string of the molecule is C[C@]12CCC(=O)C[C@@H]1CC[C@@H]1[C@@H]2[C@@H](CCCCCCCCCC(N)=O)C[C@]2(C)[C@@H](O)CC[C@@H]12. The molecular formula is C29H49NO3. The highest BCUT2D eigenvalue weighted by Crippen LogP contribution is 2.68. The number of aliphatic hydroxyl groups is 1. The molecule has 4 nitrogen and oxygen atoms in total. The minimum Gasteiger partial charge on any atom is -0.393 e. The van der Waals surface area contributed by atoms with E-state index >= 15 is 0 Å². The quantitative estimate of drug-likeness (QED) is 0.383. The van der Waals surface area contributed by atoms with E-state index in [1.807, 2.05) is 0 Å². The number of rotatable bonds is 10. The molecule has 3 N–H and O–H groups in total. The number of Topliss-reactive ketones (excluding diaryl/α,β-unsaturated/α-hetero) is 1. The molecule has 4 aliphatic carbocycles. The highest BCUT2D eigenvalue weighted by atomic mass is 16.3. The zero-order valence-corrected chi connectivity index (χ0v) is 21.3. The van der Waals surface area contributed by atoms with Gasteiger partial charge < -0.3 is 10.8 Å². The molecule has 0 heterocycles. The van der Waals surface area contributed by atoms with Crippen molar-refractivity contribution in [2.24, 2.45) is 46.2 Å². The van der Waals surface area contributed by atoms with Crippen LogP contribution in [0.3, 0.4) is 0 Å². The molecule has 4 heteroatoms. The molecule has 0 radical (unpaired) electrons. The van der Waals surface area contributed by atoms with Crippen LogP contribution in [0.2, 0.25) is 0 Å². The Labute approximate surface area is 201 Å². The number of unbranched alkanes of at least 4 members (excludes halogenated alkanes) is 6. The summed E-state index contributed by atoms with van der Waals surface area (Å²) < 4.78 is 0. The number of hydrogen-bond donors (Lipinski definition) is 2.